The Kier molecular flexibility index (Phi) is 7.06. The Balaban J connectivity index is 1.68. The van der Waals surface area contributed by atoms with E-state index in [1.54, 1.807) is 6.08 Å². The van der Waals surface area contributed by atoms with Gasteiger partial charge in [0.1, 0.15) is 24.7 Å². The fourth-order valence-electron chi connectivity index (χ4n) is 2.96. The fourth-order valence-corrected chi connectivity index (χ4v) is 2.96. The van der Waals surface area contributed by atoms with Crippen LogP contribution in [0.2, 0.25) is 0 Å². The van der Waals surface area contributed by atoms with E-state index in [0.717, 1.165) is 22.4 Å². The van der Waals surface area contributed by atoms with Crippen molar-refractivity contribution in [2.75, 3.05) is 7.11 Å². The molecule has 0 bridgehead atoms. The average Bonchev–Trinajstić information content (AvgIpc) is 2.78. The van der Waals surface area contributed by atoms with Crippen LogP contribution in [-0.4, -0.2) is 13.1 Å². The highest BCUT2D eigenvalue weighted by Crippen LogP contribution is 2.25. The smallest absolute Gasteiger partial charge is 0.338 e. The van der Waals surface area contributed by atoms with Gasteiger partial charge >= 0.3 is 5.97 Å². The normalized spacial score (nSPS) is 11.0. The first-order valence-corrected chi connectivity index (χ1v) is 9.43. The number of carbonyl (C=O) groups is 1. The fraction of sp³-hybridized carbons (Fsp3) is 0.160. The minimum atomic E-state index is -0.365. The molecule has 0 aliphatic carbocycles. The second kappa shape index (κ2) is 10.1. The standard InChI is InChI=1S/C25H24O4/c1-3-23(25(26)27-2)24-15-8-7-12-20(24)18-29-22-14-9-13-21(16-22)28-17-19-10-5-4-6-11-19/h3-16H,17-18H2,1-2H3. The summed E-state index contributed by atoms with van der Waals surface area (Å²) in [4.78, 5) is 12.1. The van der Waals surface area contributed by atoms with Crippen LogP contribution < -0.4 is 9.47 Å². The number of hydrogen-bond donors (Lipinski definition) is 0. The van der Waals surface area contributed by atoms with Gasteiger partial charge in [-0.05, 0) is 35.7 Å². The van der Waals surface area contributed by atoms with E-state index in [4.69, 9.17) is 14.2 Å². The third kappa shape index (κ3) is 5.48. The molecule has 0 amide bonds. The summed E-state index contributed by atoms with van der Waals surface area (Å²) in [5.74, 6) is 1.07. The lowest BCUT2D eigenvalue weighted by molar-refractivity contribution is -0.133. The van der Waals surface area contributed by atoms with Gasteiger partial charge in [-0.15, -0.1) is 0 Å². The summed E-state index contributed by atoms with van der Waals surface area (Å²) < 4.78 is 16.7. The maximum atomic E-state index is 12.1. The Hall–Kier alpha value is -3.53. The molecule has 0 saturated carbocycles. The maximum Gasteiger partial charge on any atom is 0.338 e. The van der Waals surface area contributed by atoms with E-state index >= 15 is 0 Å². The van der Waals surface area contributed by atoms with E-state index in [1.165, 1.54) is 7.11 Å². The summed E-state index contributed by atoms with van der Waals surface area (Å²) in [6.07, 6.45) is 1.75. The highest BCUT2D eigenvalue weighted by Gasteiger charge is 2.15. The molecule has 3 rings (SSSR count). The molecule has 0 atom stereocenters. The Labute approximate surface area is 171 Å². The first-order valence-electron chi connectivity index (χ1n) is 9.43. The quantitative estimate of drug-likeness (QED) is 0.382. The van der Waals surface area contributed by atoms with Gasteiger partial charge in [-0.25, -0.2) is 4.79 Å². The molecule has 3 aromatic rings. The minimum absolute atomic E-state index is 0.326. The van der Waals surface area contributed by atoms with Crippen LogP contribution in [0, 0.1) is 0 Å². The van der Waals surface area contributed by atoms with Crippen molar-refractivity contribution in [3.8, 4) is 11.5 Å². The van der Waals surface area contributed by atoms with Gasteiger partial charge in [0.25, 0.3) is 0 Å². The van der Waals surface area contributed by atoms with E-state index in [2.05, 4.69) is 0 Å². The summed E-state index contributed by atoms with van der Waals surface area (Å²) >= 11 is 0. The van der Waals surface area contributed by atoms with Gasteiger partial charge in [-0.1, -0.05) is 66.7 Å². The summed E-state index contributed by atoms with van der Waals surface area (Å²) in [5.41, 5.74) is 3.33. The SMILES string of the molecule is CC=C(C(=O)OC)c1ccccc1COc1cccc(OCc2ccccc2)c1. The summed E-state index contributed by atoms with van der Waals surface area (Å²) in [6.45, 7) is 2.64. The zero-order valence-corrected chi connectivity index (χ0v) is 16.6. The Morgan fingerprint density at radius 1 is 0.828 bits per heavy atom. The highest BCUT2D eigenvalue weighted by atomic mass is 16.5. The Morgan fingerprint density at radius 3 is 2.17 bits per heavy atom. The van der Waals surface area contributed by atoms with E-state index in [-0.39, 0.29) is 5.97 Å². The van der Waals surface area contributed by atoms with E-state index in [0.29, 0.717) is 24.5 Å². The number of benzene rings is 3. The van der Waals surface area contributed by atoms with Gasteiger partial charge in [0, 0.05) is 6.07 Å². The van der Waals surface area contributed by atoms with Crippen molar-refractivity contribution < 1.29 is 19.0 Å². The minimum Gasteiger partial charge on any atom is -0.489 e. The van der Waals surface area contributed by atoms with Crippen LogP contribution in [-0.2, 0) is 22.7 Å². The molecule has 29 heavy (non-hydrogen) atoms. The molecule has 0 aromatic heterocycles. The third-order valence-corrected chi connectivity index (χ3v) is 4.45. The predicted molar refractivity (Wildman–Crippen MR) is 114 cm³/mol. The number of allylic oxidation sites excluding steroid dienone is 1. The van der Waals surface area contributed by atoms with Crippen molar-refractivity contribution in [2.24, 2.45) is 0 Å². The lowest BCUT2D eigenvalue weighted by Crippen LogP contribution is -2.07. The zero-order valence-electron chi connectivity index (χ0n) is 16.6. The molecule has 0 saturated heterocycles. The first kappa shape index (κ1) is 20.2. The van der Waals surface area contributed by atoms with Crippen LogP contribution in [0.1, 0.15) is 23.6 Å². The molecule has 0 spiro atoms. The average molecular weight is 388 g/mol. The van der Waals surface area contributed by atoms with Crippen molar-refractivity contribution >= 4 is 11.5 Å². The van der Waals surface area contributed by atoms with Gasteiger partial charge in [0.2, 0.25) is 0 Å². The van der Waals surface area contributed by atoms with Crippen molar-refractivity contribution in [1.82, 2.24) is 0 Å². The monoisotopic (exact) mass is 388 g/mol. The van der Waals surface area contributed by atoms with Gasteiger partial charge in [-0.3, -0.25) is 0 Å². The molecular weight excluding hydrogens is 364 g/mol. The third-order valence-electron chi connectivity index (χ3n) is 4.45. The number of ether oxygens (including phenoxy) is 3. The van der Waals surface area contributed by atoms with Crippen molar-refractivity contribution in [3.63, 3.8) is 0 Å². The number of hydrogen-bond acceptors (Lipinski definition) is 4. The maximum absolute atomic E-state index is 12.1. The molecule has 3 aromatic carbocycles. The largest absolute Gasteiger partial charge is 0.489 e. The molecule has 0 aliphatic heterocycles. The first-order chi connectivity index (χ1) is 14.2. The summed E-state index contributed by atoms with van der Waals surface area (Å²) in [6, 6.07) is 25.2. The topological polar surface area (TPSA) is 44.8 Å². The van der Waals surface area contributed by atoms with Crippen LogP contribution in [0.25, 0.3) is 5.57 Å². The van der Waals surface area contributed by atoms with Crippen molar-refractivity contribution in [1.29, 1.82) is 0 Å². The lowest BCUT2D eigenvalue weighted by Gasteiger charge is -2.13. The molecule has 148 valence electrons. The van der Waals surface area contributed by atoms with Crippen LogP contribution in [0.4, 0.5) is 0 Å². The van der Waals surface area contributed by atoms with Gasteiger partial charge < -0.3 is 14.2 Å². The van der Waals surface area contributed by atoms with Crippen LogP contribution in [0.15, 0.2) is 84.9 Å². The molecule has 0 N–H and O–H groups in total. The van der Waals surface area contributed by atoms with E-state index in [9.17, 15) is 4.79 Å². The Bertz CT molecular complexity index is 977. The second-order valence-electron chi connectivity index (χ2n) is 6.39. The Morgan fingerprint density at radius 2 is 1.48 bits per heavy atom. The van der Waals surface area contributed by atoms with Gasteiger partial charge in [0.15, 0.2) is 0 Å². The number of esters is 1. The molecule has 4 heteroatoms. The number of carbonyl (C=O) groups excluding carboxylic acids is 1. The molecule has 0 unspecified atom stereocenters. The zero-order chi connectivity index (χ0) is 20.5. The van der Waals surface area contributed by atoms with Crippen LogP contribution >= 0.6 is 0 Å². The molecule has 0 fully saturated rings. The predicted octanol–water partition coefficient (Wildman–Crippen LogP) is 5.42. The highest BCUT2D eigenvalue weighted by molar-refractivity contribution is 6.16. The van der Waals surface area contributed by atoms with Gasteiger partial charge in [-0.2, -0.15) is 0 Å². The van der Waals surface area contributed by atoms with Gasteiger partial charge in [0.05, 0.1) is 12.7 Å². The van der Waals surface area contributed by atoms with Crippen molar-refractivity contribution in [3.05, 3.63) is 102 Å². The van der Waals surface area contributed by atoms with E-state index in [1.807, 2.05) is 85.8 Å². The molecule has 0 radical (unpaired) electrons. The number of methoxy groups -OCH3 is 1. The summed E-state index contributed by atoms with van der Waals surface area (Å²) in [7, 11) is 1.38. The lowest BCUT2D eigenvalue weighted by atomic mass is 10.00. The molecular formula is C25H24O4. The molecule has 0 aliphatic rings. The van der Waals surface area contributed by atoms with Crippen LogP contribution in [0.5, 0.6) is 11.5 Å². The molecule has 0 heterocycles. The van der Waals surface area contributed by atoms with Crippen molar-refractivity contribution in [2.45, 2.75) is 20.1 Å². The second-order valence-corrected chi connectivity index (χ2v) is 6.39. The van der Waals surface area contributed by atoms with Crippen LogP contribution in [0.3, 0.4) is 0 Å². The summed E-state index contributed by atoms with van der Waals surface area (Å²) in [5, 5.41) is 0. The molecule has 4 nitrogen and oxygen atoms in total. The number of rotatable bonds is 8. The van der Waals surface area contributed by atoms with E-state index < -0.39 is 0 Å².